The van der Waals surface area contributed by atoms with Crippen LogP contribution in [-0.2, 0) is 4.79 Å². The minimum absolute atomic E-state index is 0.375. The van der Waals surface area contributed by atoms with Gasteiger partial charge in [0.05, 0.1) is 18.8 Å². The normalized spacial score (nSPS) is 13.6. The van der Waals surface area contributed by atoms with E-state index in [0.29, 0.717) is 6.42 Å². The van der Waals surface area contributed by atoms with E-state index in [4.69, 9.17) is 0 Å². The van der Waals surface area contributed by atoms with Crippen LogP contribution in [-0.4, -0.2) is 46.1 Å². The highest BCUT2D eigenvalue weighted by molar-refractivity contribution is 5.80. The Hall–Kier alpha value is -1.43. The van der Waals surface area contributed by atoms with Gasteiger partial charge in [0, 0.05) is 0 Å². The minimum atomic E-state index is -1.10. The van der Waals surface area contributed by atoms with E-state index in [1.54, 1.807) is 6.08 Å². The van der Waals surface area contributed by atoms with Crippen LogP contribution in [0.25, 0.3) is 0 Å². The molecule has 0 aliphatic heterocycles. The number of hydrogen-bond acceptors (Lipinski definition) is 4. The number of unbranched alkanes of at least 4 members (excludes halogenated alkanes) is 37. The average molecular weight is 844 g/mol. The second kappa shape index (κ2) is 50.2. The van der Waals surface area contributed by atoms with Crippen molar-refractivity contribution in [1.29, 1.82) is 0 Å². The number of rotatable bonds is 49. The zero-order valence-electron chi connectivity index (χ0n) is 40.4. The Labute approximate surface area is 374 Å². The van der Waals surface area contributed by atoms with Crippen LogP contribution in [0.5, 0.6) is 0 Å². The van der Waals surface area contributed by atoms with Crippen LogP contribution in [0.15, 0.2) is 36.5 Å². The highest BCUT2D eigenvalue weighted by Gasteiger charge is 2.22. The molecule has 3 atom stereocenters. The summed E-state index contributed by atoms with van der Waals surface area (Å²) in [5.41, 5.74) is 0. The van der Waals surface area contributed by atoms with Gasteiger partial charge in [-0.25, -0.2) is 0 Å². The van der Waals surface area contributed by atoms with Crippen molar-refractivity contribution < 1.29 is 20.1 Å². The maximum Gasteiger partial charge on any atom is 0.249 e. The molecule has 354 valence electrons. The lowest BCUT2D eigenvalue weighted by Crippen LogP contribution is -2.48. The fourth-order valence-corrected chi connectivity index (χ4v) is 8.26. The van der Waals surface area contributed by atoms with Crippen molar-refractivity contribution in [2.45, 2.75) is 302 Å². The Kier molecular flexibility index (Phi) is 49.0. The summed E-state index contributed by atoms with van der Waals surface area (Å²) in [4.78, 5) is 12.5. The Morgan fingerprint density at radius 1 is 0.400 bits per heavy atom. The molecule has 5 nitrogen and oxygen atoms in total. The molecule has 0 aliphatic rings. The Bertz CT molecular complexity index is 931. The van der Waals surface area contributed by atoms with E-state index in [1.807, 2.05) is 6.08 Å². The van der Waals surface area contributed by atoms with E-state index >= 15 is 0 Å². The Morgan fingerprint density at radius 2 is 0.683 bits per heavy atom. The van der Waals surface area contributed by atoms with E-state index in [1.165, 1.54) is 225 Å². The van der Waals surface area contributed by atoms with E-state index in [0.717, 1.165) is 38.5 Å². The molecular formula is C55H105NO4. The van der Waals surface area contributed by atoms with Crippen molar-refractivity contribution in [2.24, 2.45) is 0 Å². The molecule has 0 heterocycles. The molecule has 0 bridgehead atoms. The van der Waals surface area contributed by atoms with Crippen molar-refractivity contribution in [3.05, 3.63) is 36.5 Å². The summed E-state index contributed by atoms with van der Waals surface area (Å²) in [5, 5.41) is 33.1. The fourth-order valence-electron chi connectivity index (χ4n) is 8.26. The van der Waals surface area contributed by atoms with Gasteiger partial charge in [-0.2, -0.15) is 0 Å². The second-order valence-corrected chi connectivity index (χ2v) is 18.4. The van der Waals surface area contributed by atoms with E-state index in [9.17, 15) is 20.1 Å². The topological polar surface area (TPSA) is 89.8 Å². The maximum absolute atomic E-state index is 12.5. The first-order valence-corrected chi connectivity index (χ1v) is 26.8. The molecule has 0 spiro atoms. The van der Waals surface area contributed by atoms with Crippen LogP contribution in [0.2, 0.25) is 0 Å². The van der Waals surface area contributed by atoms with Crippen LogP contribution in [0.3, 0.4) is 0 Å². The molecule has 0 aliphatic carbocycles. The van der Waals surface area contributed by atoms with Gasteiger partial charge >= 0.3 is 0 Å². The predicted octanol–water partition coefficient (Wildman–Crippen LogP) is 16.3. The molecule has 3 unspecified atom stereocenters. The highest BCUT2D eigenvalue weighted by atomic mass is 16.3. The first-order valence-electron chi connectivity index (χ1n) is 26.8. The average Bonchev–Trinajstić information content (AvgIpc) is 3.25. The largest absolute Gasteiger partial charge is 0.394 e. The molecule has 0 radical (unpaired) electrons. The summed E-state index contributed by atoms with van der Waals surface area (Å²) < 4.78 is 0. The first kappa shape index (κ1) is 58.6. The molecule has 4 N–H and O–H groups in total. The molecule has 1 amide bonds. The van der Waals surface area contributed by atoms with Gasteiger partial charge in [-0.1, -0.05) is 262 Å². The number of nitrogens with one attached hydrogen (secondary N) is 1. The number of allylic oxidation sites excluding steroid dienone is 5. The monoisotopic (exact) mass is 844 g/mol. The molecule has 0 fully saturated rings. The molecule has 0 aromatic carbocycles. The summed E-state index contributed by atoms with van der Waals surface area (Å²) >= 11 is 0. The van der Waals surface area contributed by atoms with Gasteiger partial charge in [-0.3, -0.25) is 4.79 Å². The van der Waals surface area contributed by atoms with E-state index in [-0.39, 0.29) is 6.61 Å². The zero-order chi connectivity index (χ0) is 43.7. The standard InChI is InChI=1S/C55H105NO4/c1-3-5-7-9-11-13-15-17-18-19-20-21-22-23-24-25-26-27-28-29-30-31-32-33-34-35-36-37-38-40-42-44-46-48-50-54(59)55(60)56-52(51-57)53(58)49-47-45-43-41-39-16-14-12-10-8-6-4-2/h25-26,39,41,47,49,52-54,57-59H,3-24,27-38,40,42-46,48,50-51H2,1-2H3,(H,56,60)/b26-25-,41-39+,49-47+. The maximum atomic E-state index is 12.5. The summed E-state index contributed by atoms with van der Waals surface area (Å²) in [6.07, 6.45) is 65.2. The van der Waals surface area contributed by atoms with Crippen LogP contribution >= 0.6 is 0 Å². The summed E-state index contributed by atoms with van der Waals surface area (Å²) in [6, 6.07) is -0.812. The highest BCUT2D eigenvalue weighted by Crippen LogP contribution is 2.17. The molecule has 0 rings (SSSR count). The number of hydrogen-bond donors (Lipinski definition) is 4. The second-order valence-electron chi connectivity index (χ2n) is 18.4. The third-order valence-electron chi connectivity index (χ3n) is 12.5. The van der Waals surface area contributed by atoms with Crippen LogP contribution < -0.4 is 5.32 Å². The van der Waals surface area contributed by atoms with Gasteiger partial charge in [0.15, 0.2) is 0 Å². The van der Waals surface area contributed by atoms with Gasteiger partial charge in [-0.15, -0.1) is 0 Å². The summed E-state index contributed by atoms with van der Waals surface area (Å²) in [7, 11) is 0. The van der Waals surface area contributed by atoms with Gasteiger partial charge in [0.2, 0.25) is 5.91 Å². The molecule has 0 aromatic rings. The van der Waals surface area contributed by atoms with Crippen molar-refractivity contribution in [1.82, 2.24) is 5.32 Å². The van der Waals surface area contributed by atoms with Gasteiger partial charge in [0.1, 0.15) is 6.10 Å². The lowest BCUT2D eigenvalue weighted by molar-refractivity contribution is -0.131. The van der Waals surface area contributed by atoms with Gasteiger partial charge in [-0.05, 0) is 57.8 Å². The number of amides is 1. The summed E-state index contributed by atoms with van der Waals surface area (Å²) in [5.74, 6) is -0.511. The number of aliphatic hydroxyl groups excluding tert-OH is 3. The molecule has 0 saturated carbocycles. The van der Waals surface area contributed by atoms with Crippen molar-refractivity contribution in [3.8, 4) is 0 Å². The molecular weight excluding hydrogens is 739 g/mol. The Balaban J connectivity index is 3.49. The molecule has 60 heavy (non-hydrogen) atoms. The lowest BCUT2D eigenvalue weighted by atomic mass is 10.0. The van der Waals surface area contributed by atoms with Crippen molar-refractivity contribution in [2.75, 3.05) is 6.61 Å². The Morgan fingerprint density at radius 3 is 1.02 bits per heavy atom. The number of carbonyl (C=O) groups excluding carboxylic acids is 1. The molecule has 0 aromatic heterocycles. The number of carbonyl (C=O) groups is 1. The molecule has 0 saturated heterocycles. The third kappa shape index (κ3) is 44.6. The zero-order valence-corrected chi connectivity index (χ0v) is 40.4. The lowest BCUT2D eigenvalue weighted by Gasteiger charge is -2.21. The van der Waals surface area contributed by atoms with Crippen LogP contribution in [0.4, 0.5) is 0 Å². The SMILES string of the molecule is CCCCCCCC/C=C/CC/C=C/C(O)C(CO)NC(=O)C(O)CCCCCCCCCCCCCCCCCC/C=C\CCCCCCCCCCCCCCCC. The van der Waals surface area contributed by atoms with E-state index < -0.39 is 24.2 Å². The predicted molar refractivity (Wildman–Crippen MR) is 264 cm³/mol. The smallest absolute Gasteiger partial charge is 0.249 e. The van der Waals surface area contributed by atoms with Gasteiger partial charge in [0.25, 0.3) is 0 Å². The van der Waals surface area contributed by atoms with Gasteiger partial charge < -0.3 is 20.6 Å². The van der Waals surface area contributed by atoms with Crippen LogP contribution in [0.1, 0.15) is 284 Å². The van der Waals surface area contributed by atoms with Crippen molar-refractivity contribution >= 4 is 5.91 Å². The molecule has 5 heteroatoms. The fraction of sp³-hybridized carbons (Fsp3) is 0.873. The quantitative estimate of drug-likeness (QED) is 0.0363. The number of aliphatic hydroxyl groups is 3. The minimum Gasteiger partial charge on any atom is -0.394 e. The third-order valence-corrected chi connectivity index (χ3v) is 12.5. The van der Waals surface area contributed by atoms with Crippen LogP contribution in [0, 0.1) is 0 Å². The summed E-state index contributed by atoms with van der Waals surface area (Å²) in [6.45, 7) is 4.17. The first-order chi connectivity index (χ1) is 29.6. The van der Waals surface area contributed by atoms with E-state index in [2.05, 4.69) is 43.5 Å². The van der Waals surface area contributed by atoms with Crippen molar-refractivity contribution in [3.63, 3.8) is 0 Å².